The number of fused-ring (bicyclic) bond motifs is 3. The van der Waals surface area contributed by atoms with Crippen molar-refractivity contribution in [2.75, 3.05) is 85.0 Å². The van der Waals surface area contributed by atoms with Gasteiger partial charge in [-0.15, -0.1) is 0 Å². The van der Waals surface area contributed by atoms with Gasteiger partial charge in [-0.05, 0) is 41.9 Å². The lowest BCUT2D eigenvalue weighted by Crippen LogP contribution is -2.13. The van der Waals surface area contributed by atoms with Gasteiger partial charge in [0.2, 0.25) is 0 Å². The number of imidazole rings is 1. The minimum Gasteiger partial charge on any atom is -0.453 e. The molecule has 0 aliphatic rings. The molecule has 0 amide bonds. The van der Waals surface area contributed by atoms with Crippen LogP contribution in [0.25, 0.3) is 43.8 Å². The van der Waals surface area contributed by atoms with E-state index in [0.29, 0.717) is 101 Å². The zero-order chi connectivity index (χ0) is 29.4. The summed E-state index contributed by atoms with van der Waals surface area (Å²) in [7, 11) is 1.85. The molecule has 2 heterocycles. The Morgan fingerprint density at radius 3 is 2.12 bits per heavy atom. The van der Waals surface area contributed by atoms with Crippen LogP contribution in [-0.4, -0.2) is 89.6 Å². The van der Waals surface area contributed by atoms with Gasteiger partial charge in [0.15, 0.2) is 11.0 Å². The molecule has 4 rings (SSSR count). The highest BCUT2D eigenvalue weighted by atomic mass is 16.6. The van der Waals surface area contributed by atoms with E-state index in [1.165, 1.54) is 6.07 Å². The number of anilines is 1. The first kappa shape index (κ1) is 31.0. The van der Waals surface area contributed by atoms with Crippen LogP contribution in [0.4, 0.5) is 5.69 Å². The van der Waals surface area contributed by atoms with Crippen molar-refractivity contribution in [3.63, 3.8) is 0 Å². The SMILES string of the molecule is CNc1ccc(-c2cc(=O)c3ccc4[nH]c(CCOCCOCCOCCOCCOCCN=[N+]=[N-])nc4c3o2)cc1. The third-order valence-electron chi connectivity index (χ3n) is 6.23. The Balaban J connectivity index is 1.12. The maximum atomic E-state index is 12.8. The average Bonchev–Trinajstić information content (AvgIpc) is 3.44. The number of hydrogen-bond acceptors (Lipinski definition) is 10. The molecule has 13 heteroatoms. The second-order valence-electron chi connectivity index (χ2n) is 9.09. The Labute approximate surface area is 242 Å². The molecular formula is C29H36N6O7. The van der Waals surface area contributed by atoms with Gasteiger partial charge in [0.1, 0.15) is 17.1 Å². The summed E-state index contributed by atoms with van der Waals surface area (Å²) >= 11 is 0. The summed E-state index contributed by atoms with van der Waals surface area (Å²) in [5, 5.41) is 6.95. The summed E-state index contributed by atoms with van der Waals surface area (Å²) < 4.78 is 33.5. The van der Waals surface area contributed by atoms with Crippen LogP contribution in [-0.2, 0) is 30.1 Å². The maximum absolute atomic E-state index is 12.8. The quantitative estimate of drug-likeness (QED) is 0.0670. The largest absolute Gasteiger partial charge is 0.453 e. The molecule has 0 fully saturated rings. The van der Waals surface area contributed by atoms with Crippen LogP contribution >= 0.6 is 0 Å². The summed E-state index contributed by atoms with van der Waals surface area (Å²) in [5.74, 6) is 1.25. The standard InChI is InChI=1S/C29H36N6O7/c1-31-22-4-2-21(3-5-22)26-20-25(36)23-6-7-24-28(29(23)42-26)34-27(33-24)8-10-37-12-14-39-16-18-41-19-17-40-15-13-38-11-9-32-35-30/h2-7,20,31H,8-19H2,1H3,(H,33,34). The number of rotatable bonds is 20. The van der Waals surface area contributed by atoms with Crippen LogP contribution in [0.15, 0.2) is 56.8 Å². The second kappa shape index (κ2) is 17.1. The molecule has 42 heavy (non-hydrogen) atoms. The second-order valence-corrected chi connectivity index (χ2v) is 9.09. The zero-order valence-corrected chi connectivity index (χ0v) is 23.7. The van der Waals surface area contributed by atoms with E-state index in [2.05, 4.69) is 20.3 Å². The van der Waals surface area contributed by atoms with E-state index in [4.69, 9.17) is 38.6 Å². The highest BCUT2D eigenvalue weighted by Gasteiger charge is 2.13. The summed E-state index contributed by atoms with van der Waals surface area (Å²) in [6, 6.07) is 12.8. The van der Waals surface area contributed by atoms with Gasteiger partial charge in [-0.1, -0.05) is 5.11 Å². The highest BCUT2D eigenvalue weighted by Crippen LogP contribution is 2.27. The fourth-order valence-corrected chi connectivity index (χ4v) is 4.10. The van der Waals surface area contributed by atoms with Crippen molar-refractivity contribution >= 4 is 27.7 Å². The van der Waals surface area contributed by atoms with Crippen LogP contribution < -0.4 is 10.7 Å². The molecule has 0 aliphatic carbocycles. The number of benzene rings is 2. The van der Waals surface area contributed by atoms with Crippen molar-refractivity contribution in [3.8, 4) is 11.3 Å². The highest BCUT2D eigenvalue weighted by molar-refractivity contribution is 6.00. The topological polar surface area (TPSA) is 166 Å². The molecule has 2 aromatic carbocycles. The molecule has 0 spiro atoms. The van der Waals surface area contributed by atoms with E-state index < -0.39 is 0 Å². The molecule has 0 saturated carbocycles. The minimum atomic E-state index is -0.112. The lowest BCUT2D eigenvalue weighted by molar-refractivity contribution is -0.0103. The summed E-state index contributed by atoms with van der Waals surface area (Å²) in [6.45, 7) is 4.88. The normalized spacial score (nSPS) is 11.3. The first-order chi connectivity index (χ1) is 20.7. The van der Waals surface area contributed by atoms with Crippen molar-refractivity contribution in [1.82, 2.24) is 9.97 Å². The number of hydrogen-bond donors (Lipinski definition) is 2. The maximum Gasteiger partial charge on any atom is 0.193 e. The molecule has 0 saturated heterocycles. The van der Waals surface area contributed by atoms with E-state index in [-0.39, 0.29) is 5.43 Å². The summed E-state index contributed by atoms with van der Waals surface area (Å²) in [5.41, 5.74) is 11.7. The zero-order valence-electron chi connectivity index (χ0n) is 23.7. The number of aromatic nitrogens is 2. The third kappa shape index (κ3) is 9.28. The smallest absolute Gasteiger partial charge is 0.193 e. The van der Waals surface area contributed by atoms with Gasteiger partial charge in [-0.3, -0.25) is 4.79 Å². The van der Waals surface area contributed by atoms with Crippen molar-refractivity contribution in [1.29, 1.82) is 0 Å². The number of nitrogens with zero attached hydrogens (tertiary/aromatic N) is 4. The Morgan fingerprint density at radius 1 is 0.881 bits per heavy atom. The molecule has 4 aromatic rings. The van der Waals surface area contributed by atoms with Crippen LogP contribution in [0.3, 0.4) is 0 Å². The van der Waals surface area contributed by atoms with Crippen LogP contribution in [0.1, 0.15) is 5.82 Å². The molecule has 0 aliphatic heterocycles. The third-order valence-corrected chi connectivity index (χ3v) is 6.23. The number of ether oxygens (including phenoxy) is 5. The average molecular weight is 581 g/mol. The molecule has 0 radical (unpaired) electrons. The molecule has 13 nitrogen and oxygen atoms in total. The molecule has 224 valence electrons. The fourth-order valence-electron chi connectivity index (χ4n) is 4.10. The van der Waals surface area contributed by atoms with E-state index in [1.54, 1.807) is 6.07 Å². The van der Waals surface area contributed by atoms with Crippen LogP contribution in [0.5, 0.6) is 0 Å². The van der Waals surface area contributed by atoms with Gasteiger partial charge in [-0.25, -0.2) is 4.98 Å². The number of azide groups is 1. The Kier molecular flexibility index (Phi) is 12.6. The number of H-pyrrole nitrogens is 1. The van der Waals surface area contributed by atoms with Gasteiger partial charge in [0.25, 0.3) is 0 Å². The predicted molar refractivity (Wildman–Crippen MR) is 159 cm³/mol. The summed E-state index contributed by atoms with van der Waals surface area (Å²) in [4.78, 5) is 23.5. The lowest BCUT2D eigenvalue weighted by atomic mass is 10.1. The monoisotopic (exact) mass is 580 g/mol. The molecule has 0 atom stereocenters. The number of aromatic amines is 1. The number of nitrogens with one attached hydrogen (secondary N) is 2. The van der Waals surface area contributed by atoms with Gasteiger partial charge in [0.05, 0.1) is 77.0 Å². The van der Waals surface area contributed by atoms with Crippen molar-refractivity contribution in [3.05, 3.63) is 69.0 Å². The molecule has 2 aromatic heterocycles. The van der Waals surface area contributed by atoms with E-state index in [9.17, 15) is 4.79 Å². The lowest BCUT2D eigenvalue weighted by Gasteiger charge is -2.07. The van der Waals surface area contributed by atoms with E-state index in [1.807, 2.05) is 37.4 Å². The fraction of sp³-hybridized carbons (Fsp3) is 0.448. The van der Waals surface area contributed by atoms with Gasteiger partial charge in [-0.2, -0.15) is 0 Å². The molecule has 2 N–H and O–H groups in total. The Bertz CT molecular complexity index is 1500. The van der Waals surface area contributed by atoms with Gasteiger partial charge in [0, 0.05) is 42.2 Å². The van der Waals surface area contributed by atoms with Crippen LogP contribution in [0.2, 0.25) is 0 Å². The minimum absolute atomic E-state index is 0.112. The van der Waals surface area contributed by atoms with Gasteiger partial charge >= 0.3 is 0 Å². The predicted octanol–water partition coefficient (Wildman–Crippen LogP) is 4.31. The first-order valence-electron chi connectivity index (χ1n) is 13.8. The summed E-state index contributed by atoms with van der Waals surface area (Å²) in [6.07, 6.45) is 0.577. The Morgan fingerprint density at radius 2 is 1.50 bits per heavy atom. The van der Waals surface area contributed by atoms with E-state index >= 15 is 0 Å². The van der Waals surface area contributed by atoms with Crippen LogP contribution in [0, 0.1) is 0 Å². The van der Waals surface area contributed by atoms with Crippen molar-refractivity contribution in [2.24, 2.45) is 5.11 Å². The molecule has 0 bridgehead atoms. The van der Waals surface area contributed by atoms with Crippen molar-refractivity contribution < 1.29 is 28.1 Å². The van der Waals surface area contributed by atoms with E-state index in [0.717, 1.165) is 22.6 Å². The Hall–Kier alpha value is -3.97. The first-order valence-corrected chi connectivity index (χ1v) is 13.8. The molecule has 0 unspecified atom stereocenters. The van der Waals surface area contributed by atoms with Crippen molar-refractivity contribution in [2.45, 2.75) is 6.42 Å². The molecular weight excluding hydrogens is 544 g/mol. The van der Waals surface area contributed by atoms with Gasteiger partial charge < -0.3 is 38.4 Å².